The van der Waals surface area contributed by atoms with Gasteiger partial charge in [0.2, 0.25) is 0 Å². The Kier molecular flexibility index (Phi) is 5.96. The average molecular weight is 203 g/mol. The highest BCUT2D eigenvalue weighted by Gasteiger charge is 2.18. The highest BCUT2D eigenvalue weighted by Crippen LogP contribution is 2.39. The lowest BCUT2D eigenvalue weighted by Crippen LogP contribution is -2.13. The molecule has 1 nitrogen and oxygen atoms in total. The highest BCUT2D eigenvalue weighted by atomic mass is 31.1. The molecule has 0 amide bonds. The van der Waals surface area contributed by atoms with Crippen molar-refractivity contribution in [2.75, 3.05) is 6.66 Å². The molecule has 2 heteroatoms. The van der Waals surface area contributed by atoms with E-state index < -0.39 is 7.71 Å². The van der Waals surface area contributed by atoms with Crippen molar-refractivity contribution >= 4 is 7.71 Å². The summed E-state index contributed by atoms with van der Waals surface area (Å²) in [6.07, 6.45) is 5.25. The summed E-state index contributed by atoms with van der Waals surface area (Å²) in [7, 11) is -0.861. The molecule has 0 radical (unpaired) electrons. The van der Waals surface area contributed by atoms with Gasteiger partial charge in [0.05, 0.1) is 0 Å². The Morgan fingerprint density at radius 3 is 2.15 bits per heavy atom. The highest BCUT2D eigenvalue weighted by molar-refractivity contribution is 7.46. The van der Waals surface area contributed by atoms with Gasteiger partial charge in [-0.05, 0) is 31.9 Å². The van der Waals surface area contributed by atoms with E-state index in [1.807, 2.05) is 0 Å². The third kappa shape index (κ3) is 6.32. The molecule has 0 heterocycles. The Balaban J connectivity index is 3.58. The van der Waals surface area contributed by atoms with E-state index in [2.05, 4.69) is 34.4 Å². The van der Waals surface area contributed by atoms with E-state index in [0.29, 0.717) is 5.16 Å². The lowest BCUT2D eigenvalue weighted by atomic mass is 10.0. The minimum absolute atomic E-state index is 0.307. The summed E-state index contributed by atoms with van der Waals surface area (Å²) in [6.45, 7) is 11.2. The monoisotopic (exact) mass is 203 g/mol. The van der Waals surface area contributed by atoms with Crippen molar-refractivity contribution in [1.82, 2.24) is 0 Å². The van der Waals surface area contributed by atoms with Crippen LogP contribution in [0.15, 0.2) is 0 Å². The standard InChI is InChI=1S/C11H26NP/c1-10(2)8-6-7-9-11(3,4)13(5)12/h10,12-13H,6-9H2,1-5H3. The van der Waals surface area contributed by atoms with E-state index in [1.165, 1.54) is 25.7 Å². The molecule has 13 heavy (non-hydrogen) atoms. The van der Waals surface area contributed by atoms with Crippen LogP contribution in [0.3, 0.4) is 0 Å². The van der Waals surface area contributed by atoms with Gasteiger partial charge in [-0.3, -0.25) is 0 Å². The molecule has 1 unspecified atom stereocenters. The zero-order chi connectivity index (χ0) is 10.5. The second-order valence-corrected chi connectivity index (χ2v) is 7.75. The van der Waals surface area contributed by atoms with E-state index in [9.17, 15) is 0 Å². The summed E-state index contributed by atoms with van der Waals surface area (Å²) in [5.41, 5.74) is 0. The van der Waals surface area contributed by atoms with Gasteiger partial charge in [-0.15, -0.1) is 0 Å². The zero-order valence-corrected chi connectivity index (χ0v) is 10.9. The Morgan fingerprint density at radius 1 is 1.23 bits per heavy atom. The fourth-order valence-corrected chi connectivity index (χ4v) is 1.86. The van der Waals surface area contributed by atoms with Crippen LogP contribution in [-0.4, -0.2) is 11.8 Å². The molecule has 0 aliphatic heterocycles. The SMILES string of the molecule is CC(C)CCCCC(C)(C)[PH](C)=N. The van der Waals surface area contributed by atoms with E-state index in [4.69, 9.17) is 5.16 Å². The fraction of sp³-hybridized carbons (Fsp3) is 1.00. The molecule has 0 fully saturated rings. The Hall–Kier alpha value is 0.230. The van der Waals surface area contributed by atoms with Gasteiger partial charge >= 0.3 is 0 Å². The zero-order valence-electron chi connectivity index (χ0n) is 9.91. The molecule has 0 aliphatic rings. The van der Waals surface area contributed by atoms with E-state index >= 15 is 0 Å². The fourth-order valence-electron chi connectivity index (χ4n) is 1.31. The molecule has 0 rings (SSSR count). The second-order valence-electron chi connectivity index (χ2n) is 5.15. The lowest BCUT2D eigenvalue weighted by Gasteiger charge is -2.24. The molecule has 1 atom stereocenters. The van der Waals surface area contributed by atoms with Crippen molar-refractivity contribution in [1.29, 1.82) is 5.16 Å². The Labute approximate surface area is 84.6 Å². The molecule has 1 N–H and O–H groups in total. The maximum Gasteiger partial charge on any atom is -0.00324 e. The van der Waals surface area contributed by atoms with Crippen LogP contribution in [-0.2, 0) is 0 Å². The smallest absolute Gasteiger partial charge is 0.00324 e. The minimum atomic E-state index is -0.861. The second kappa shape index (κ2) is 5.86. The van der Waals surface area contributed by atoms with E-state index in [0.717, 1.165) is 5.92 Å². The molecule has 0 aromatic rings. The minimum Gasteiger partial charge on any atom is -0.321 e. The van der Waals surface area contributed by atoms with Crippen LogP contribution in [0.5, 0.6) is 0 Å². The maximum atomic E-state index is 7.80. The van der Waals surface area contributed by atoms with Crippen molar-refractivity contribution < 1.29 is 0 Å². The topological polar surface area (TPSA) is 23.9 Å². The van der Waals surface area contributed by atoms with Crippen molar-refractivity contribution in [3.8, 4) is 0 Å². The van der Waals surface area contributed by atoms with Crippen LogP contribution in [0.2, 0.25) is 0 Å². The van der Waals surface area contributed by atoms with Gasteiger partial charge in [-0.1, -0.05) is 47.0 Å². The van der Waals surface area contributed by atoms with Crippen molar-refractivity contribution in [2.24, 2.45) is 5.92 Å². The predicted molar refractivity (Wildman–Crippen MR) is 64.3 cm³/mol. The molecule has 0 saturated heterocycles. The van der Waals surface area contributed by atoms with Crippen LogP contribution in [0.25, 0.3) is 0 Å². The van der Waals surface area contributed by atoms with Gasteiger partial charge in [0.1, 0.15) is 0 Å². The van der Waals surface area contributed by atoms with Gasteiger partial charge in [-0.2, -0.15) is 0 Å². The summed E-state index contributed by atoms with van der Waals surface area (Å²) in [5.74, 6) is 0.838. The first-order valence-corrected chi connectivity index (χ1v) is 7.42. The third-order valence-corrected chi connectivity index (χ3v) is 5.13. The predicted octanol–water partition coefficient (Wildman–Crippen LogP) is 4.59. The van der Waals surface area contributed by atoms with Gasteiger partial charge in [0.25, 0.3) is 0 Å². The molecular formula is C11H26NP. The first-order valence-electron chi connectivity index (χ1n) is 5.42. The molecule has 80 valence electrons. The Bertz CT molecular complexity index is 161. The van der Waals surface area contributed by atoms with Crippen LogP contribution >= 0.6 is 7.71 Å². The quantitative estimate of drug-likeness (QED) is 0.482. The molecule has 0 bridgehead atoms. The first-order chi connectivity index (χ1) is 5.86. The maximum absolute atomic E-state index is 7.80. The number of unbranched alkanes of at least 4 members (excludes halogenated alkanes) is 1. The number of hydrogen-bond donors (Lipinski definition) is 1. The van der Waals surface area contributed by atoms with Crippen LogP contribution < -0.4 is 0 Å². The van der Waals surface area contributed by atoms with Crippen LogP contribution in [0.1, 0.15) is 53.4 Å². The molecule has 0 saturated carbocycles. The molecular weight excluding hydrogens is 177 g/mol. The van der Waals surface area contributed by atoms with E-state index in [-0.39, 0.29) is 0 Å². The summed E-state index contributed by atoms with van der Waals surface area (Å²) < 4.78 is 0. The summed E-state index contributed by atoms with van der Waals surface area (Å²) >= 11 is 0. The molecule has 0 aromatic carbocycles. The van der Waals surface area contributed by atoms with Gasteiger partial charge < -0.3 is 5.16 Å². The molecule has 0 spiro atoms. The van der Waals surface area contributed by atoms with Crippen molar-refractivity contribution in [3.63, 3.8) is 0 Å². The summed E-state index contributed by atoms with van der Waals surface area (Å²) in [5, 5.41) is 8.11. The van der Waals surface area contributed by atoms with Gasteiger partial charge in [-0.25, -0.2) is 0 Å². The first kappa shape index (κ1) is 13.2. The third-order valence-electron chi connectivity index (χ3n) is 2.85. The lowest BCUT2D eigenvalue weighted by molar-refractivity contribution is 0.498. The van der Waals surface area contributed by atoms with Crippen molar-refractivity contribution in [3.05, 3.63) is 0 Å². The summed E-state index contributed by atoms with van der Waals surface area (Å²) in [4.78, 5) is 0. The van der Waals surface area contributed by atoms with Crippen LogP contribution in [0.4, 0.5) is 0 Å². The number of hydrogen-bond acceptors (Lipinski definition) is 1. The molecule has 0 aromatic heterocycles. The molecule has 0 aliphatic carbocycles. The van der Waals surface area contributed by atoms with Crippen molar-refractivity contribution in [2.45, 2.75) is 58.5 Å². The average Bonchev–Trinajstić information content (AvgIpc) is 1.97. The van der Waals surface area contributed by atoms with Crippen LogP contribution in [0, 0.1) is 11.1 Å². The van der Waals surface area contributed by atoms with E-state index in [1.54, 1.807) is 0 Å². The Morgan fingerprint density at radius 2 is 1.77 bits per heavy atom. The van der Waals surface area contributed by atoms with Gasteiger partial charge in [0, 0.05) is 0 Å². The number of nitrogens with one attached hydrogen (secondary N) is 1. The number of rotatable bonds is 6. The van der Waals surface area contributed by atoms with Gasteiger partial charge in [0.15, 0.2) is 0 Å². The normalized spacial score (nSPS) is 14.9. The summed E-state index contributed by atoms with van der Waals surface area (Å²) in [6, 6.07) is 0. The largest absolute Gasteiger partial charge is 0.321 e.